The summed E-state index contributed by atoms with van der Waals surface area (Å²) < 4.78 is 45.4. The van der Waals surface area contributed by atoms with E-state index in [1.807, 2.05) is 0 Å². The van der Waals surface area contributed by atoms with Crippen molar-refractivity contribution in [2.45, 2.75) is 21.1 Å². The van der Waals surface area contributed by atoms with Crippen LogP contribution in [-0.2, 0) is 45.5 Å². The van der Waals surface area contributed by atoms with E-state index in [4.69, 9.17) is 15.6 Å². The van der Waals surface area contributed by atoms with Crippen LogP contribution in [0.1, 0.15) is 38.3 Å². The number of rotatable bonds is 17. The molecule has 5 aromatic rings. The Bertz CT molecular complexity index is 2630. The lowest BCUT2D eigenvalue weighted by molar-refractivity contribution is -0.432. The van der Waals surface area contributed by atoms with Crippen molar-refractivity contribution < 1.29 is 66.5 Å². The van der Waals surface area contributed by atoms with E-state index in [1.54, 1.807) is 24.3 Å². The molecule has 22 heteroatoms. The number of hydrogen-bond donors (Lipinski definition) is 6. The van der Waals surface area contributed by atoms with E-state index in [0.717, 1.165) is 23.9 Å². The number of amides is 1. The van der Waals surface area contributed by atoms with Crippen LogP contribution in [0.2, 0.25) is 0 Å². The van der Waals surface area contributed by atoms with E-state index < -0.39 is 49.7 Å². The second-order valence-electron chi connectivity index (χ2n) is 11.9. The van der Waals surface area contributed by atoms with Gasteiger partial charge in [0, 0.05) is 39.8 Å². The van der Waals surface area contributed by atoms with Crippen molar-refractivity contribution in [2.24, 2.45) is 7.05 Å². The van der Waals surface area contributed by atoms with Crippen LogP contribution in [0.5, 0.6) is 0 Å². The topological polar surface area (TPSA) is 266 Å². The Morgan fingerprint density at radius 1 is 0.842 bits per heavy atom. The number of thioether (sulfide) groups is 1. The maximum Gasteiger partial charge on any atom is 0.304 e. The number of anilines is 3. The van der Waals surface area contributed by atoms with Crippen molar-refractivity contribution in [1.82, 2.24) is 4.57 Å². The van der Waals surface area contributed by atoms with Crippen LogP contribution in [0, 0.1) is 0 Å². The van der Waals surface area contributed by atoms with E-state index in [9.17, 15) is 36.9 Å². The zero-order valence-corrected chi connectivity index (χ0v) is 32.2. The number of aliphatic carboxylic acids is 1. The summed E-state index contributed by atoms with van der Waals surface area (Å²) in [7, 11) is -3.60. The molecule has 1 heterocycles. The van der Waals surface area contributed by atoms with Crippen LogP contribution >= 0.6 is 35.8 Å². The fraction of sp³-hybridized carbons (Fsp3) is 0.114. The number of fused-ring (bicyclic) bond motifs is 2. The molecule has 6 rings (SSSR count). The maximum atomic E-state index is 14.5. The molecule has 0 bridgehead atoms. The Kier molecular flexibility index (Phi) is 12.8. The second-order valence-corrected chi connectivity index (χ2v) is 15.9. The molecule has 0 spiro atoms. The summed E-state index contributed by atoms with van der Waals surface area (Å²) in [6.07, 6.45) is -0.229. The van der Waals surface area contributed by atoms with Crippen molar-refractivity contribution in [3.8, 4) is 11.1 Å². The number of carboxylic acids is 1. The molecule has 18 nitrogen and oxygen atoms in total. The standard InChI is InChI=1S/C35H27N3O15S4/c1-38-24-10-9-21(36-22-14-23(37-27(39)16-54-12-11-28(40)41)26(57(47,48)49)15-25(22)56-53-51-46)30-31(24)29(19-7-2-3-8-20(19)34(30)43)32(35(38)44)33(42)17-5-4-6-18(13-17)55-52-50-45/h2-10,13-15,36,45-46H,11-12,16H2,1H3,(H,37,39)(H,40,41)(H,47,48,49). The molecule has 0 saturated heterocycles. The zero-order chi connectivity index (χ0) is 41.0. The van der Waals surface area contributed by atoms with E-state index in [2.05, 4.69) is 29.4 Å². The van der Waals surface area contributed by atoms with E-state index >= 15 is 0 Å². The Hall–Kier alpha value is -5.11. The molecule has 1 amide bonds. The Labute approximate surface area is 334 Å². The smallest absolute Gasteiger partial charge is 0.304 e. The molecule has 57 heavy (non-hydrogen) atoms. The molecule has 0 atom stereocenters. The number of benzene rings is 4. The van der Waals surface area contributed by atoms with Gasteiger partial charge >= 0.3 is 5.97 Å². The fourth-order valence-electron chi connectivity index (χ4n) is 6.12. The van der Waals surface area contributed by atoms with Crippen molar-refractivity contribution in [3.63, 3.8) is 0 Å². The first-order valence-electron chi connectivity index (χ1n) is 16.0. The van der Waals surface area contributed by atoms with Crippen molar-refractivity contribution in [3.05, 3.63) is 105 Å². The summed E-state index contributed by atoms with van der Waals surface area (Å²) in [4.78, 5) is 66.0. The first-order chi connectivity index (χ1) is 27.2. The van der Waals surface area contributed by atoms with Crippen molar-refractivity contribution >= 4 is 97.4 Å². The maximum absolute atomic E-state index is 14.5. The molecular formula is C35H27N3O15S4. The summed E-state index contributed by atoms with van der Waals surface area (Å²) in [5.41, 5.74) is -0.394. The Morgan fingerprint density at radius 2 is 1.56 bits per heavy atom. The average Bonchev–Trinajstić information content (AvgIpc) is 3.18. The van der Waals surface area contributed by atoms with Gasteiger partial charge in [0.15, 0.2) is 11.6 Å². The number of pyridine rings is 1. The number of carbonyl (C=O) groups is 4. The van der Waals surface area contributed by atoms with E-state index in [1.165, 1.54) is 48.0 Å². The molecule has 296 valence electrons. The summed E-state index contributed by atoms with van der Waals surface area (Å²) in [6.45, 7) is 0. The first kappa shape index (κ1) is 41.5. The number of aryl methyl sites for hydroxylation is 1. The van der Waals surface area contributed by atoms with Crippen LogP contribution < -0.4 is 16.2 Å². The zero-order valence-electron chi connectivity index (χ0n) is 28.9. The SMILES string of the molecule is Cn1c(=O)c(C(=O)c2cccc(SOOO)c2)c2c3c(c(Nc4cc(NC(=O)CSCCC(=O)O)c(S(=O)(=O)O)cc4SOOO)ccc31)C(=O)c1ccccc1-2. The molecule has 4 aromatic carbocycles. The molecular weight excluding hydrogens is 831 g/mol. The lowest BCUT2D eigenvalue weighted by Crippen LogP contribution is -2.29. The number of carboxylic acid groups (broad SMARTS) is 1. The largest absolute Gasteiger partial charge is 0.481 e. The van der Waals surface area contributed by atoms with Crippen molar-refractivity contribution in [1.29, 1.82) is 0 Å². The van der Waals surface area contributed by atoms with Gasteiger partial charge in [-0.05, 0) is 42.0 Å². The van der Waals surface area contributed by atoms with E-state index in [-0.39, 0.29) is 72.9 Å². The molecule has 0 saturated carbocycles. The van der Waals surface area contributed by atoms with Gasteiger partial charge in [0.25, 0.3) is 15.7 Å². The van der Waals surface area contributed by atoms with Gasteiger partial charge in [-0.15, -0.1) is 8.67 Å². The second kappa shape index (κ2) is 17.6. The lowest BCUT2D eigenvalue weighted by atomic mass is 9.80. The number of nitrogens with one attached hydrogen (secondary N) is 2. The monoisotopic (exact) mass is 857 g/mol. The highest BCUT2D eigenvalue weighted by Gasteiger charge is 2.34. The van der Waals surface area contributed by atoms with Gasteiger partial charge in [0.1, 0.15) is 4.90 Å². The number of ketones is 2. The number of nitrogens with zero attached hydrogens (tertiary/aromatic N) is 1. The Balaban J connectivity index is 1.54. The predicted molar refractivity (Wildman–Crippen MR) is 207 cm³/mol. The molecule has 0 aliphatic heterocycles. The highest BCUT2D eigenvalue weighted by atomic mass is 32.2. The molecule has 1 aromatic heterocycles. The fourth-order valence-corrected chi connectivity index (χ4v) is 8.46. The highest BCUT2D eigenvalue weighted by Crippen LogP contribution is 2.45. The average molecular weight is 858 g/mol. The van der Waals surface area contributed by atoms with Gasteiger partial charge in [-0.2, -0.15) is 20.2 Å². The molecule has 0 unspecified atom stereocenters. The van der Waals surface area contributed by atoms with Crippen LogP contribution in [0.25, 0.3) is 22.0 Å². The minimum Gasteiger partial charge on any atom is -0.481 e. The molecule has 1 aliphatic rings. The quantitative estimate of drug-likeness (QED) is 0.0154. The van der Waals surface area contributed by atoms with E-state index in [0.29, 0.717) is 34.5 Å². The van der Waals surface area contributed by atoms with Crippen LogP contribution in [0.15, 0.2) is 92.3 Å². The van der Waals surface area contributed by atoms with Gasteiger partial charge in [-0.1, -0.05) is 46.5 Å². The predicted octanol–water partition coefficient (Wildman–Crippen LogP) is 5.97. The van der Waals surface area contributed by atoms with Gasteiger partial charge in [-0.3, -0.25) is 28.5 Å². The third-order valence-electron chi connectivity index (χ3n) is 8.47. The molecule has 0 fully saturated rings. The third-order valence-corrected chi connectivity index (χ3v) is 11.5. The number of carbonyl (C=O) groups excluding carboxylic acids is 3. The summed E-state index contributed by atoms with van der Waals surface area (Å²) in [6, 6.07) is 17.3. The number of aromatic nitrogens is 1. The van der Waals surface area contributed by atoms with Crippen LogP contribution in [0.3, 0.4) is 0 Å². The third kappa shape index (κ3) is 8.75. The highest BCUT2D eigenvalue weighted by molar-refractivity contribution is 8.00. The van der Waals surface area contributed by atoms with Crippen molar-refractivity contribution in [2.75, 3.05) is 22.1 Å². The number of hydrogen-bond acceptors (Lipinski definition) is 17. The van der Waals surface area contributed by atoms with Crippen LogP contribution in [-0.4, -0.2) is 68.1 Å². The molecule has 1 aliphatic carbocycles. The molecule has 0 radical (unpaired) electrons. The minimum atomic E-state index is -5.03. The van der Waals surface area contributed by atoms with Gasteiger partial charge < -0.3 is 20.3 Å². The summed E-state index contributed by atoms with van der Waals surface area (Å²) >= 11 is 1.86. The normalized spacial score (nSPS) is 12.0. The summed E-state index contributed by atoms with van der Waals surface area (Å²) in [5.74, 6) is -3.24. The first-order valence-corrected chi connectivity index (χ1v) is 20.1. The molecule has 6 N–H and O–H groups in total. The van der Waals surface area contributed by atoms with Gasteiger partial charge in [0.05, 0.1) is 74.9 Å². The van der Waals surface area contributed by atoms with Gasteiger partial charge in [0.2, 0.25) is 5.91 Å². The van der Waals surface area contributed by atoms with Gasteiger partial charge in [-0.25, -0.2) is 10.5 Å². The lowest BCUT2D eigenvalue weighted by Gasteiger charge is -2.26. The Morgan fingerprint density at radius 3 is 2.26 bits per heavy atom. The summed E-state index contributed by atoms with van der Waals surface area (Å²) in [5, 5.41) is 39.4. The minimum absolute atomic E-state index is 0.00167. The van der Waals surface area contributed by atoms with Crippen LogP contribution in [0.4, 0.5) is 17.1 Å².